The summed E-state index contributed by atoms with van der Waals surface area (Å²) in [5.41, 5.74) is 7.97. The van der Waals surface area contributed by atoms with Crippen LogP contribution in [-0.4, -0.2) is 10.2 Å². The van der Waals surface area contributed by atoms with E-state index >= 15 is 0 Å². The van der Waals surface area contributed by atoms with E-state index < -0.39 is 0 Å². The number of phenolic OH excluding ortho intramolecular Hbond substituents is 2. The van der Waals surface area contributed by atoms with Crippen molar-refractivity contribution in [1.29, 1.82) is 0 Å². The van der Waals surface area contributed by atoms with Gasteiger partial charge in [-0.1, -0.05) is 44.5 Å². The van der Waals surface area contributed by atoms with E-state index in [9.17, 15) is 10.2 Å². The highest BCUT2D eigenvalue weighted by Crippen LogP contribution is 2.75. The molecule has 166 valence electrons. The molecule has 2 nitrogen and oxygen atoms in total. The average Bonchev–Trinajstić information content (AvgIpc) is 2.67. The lowest BCUT2D eigenvalue weighted by molar-refractivity contribution is -0.136. The van der Waals surface area contributed by atoms with Crippen LogP contribution in [0.15, 0.2) is 24.3 Å². The first-order valence-corrected chi connectivity index (χ1v) is 12.1. The Balaban J connectivity index is 1.73. The van der Waals surface area contributed by atoms with Gasteiger partial charge in [0.2, 0.25) is 0 Å². The first-order valence-electron chi connectivity index (χ1n) is 12.1. The van der Waals surface area contributed by atoms with Gasteiger partial charge in [-0.05, 0) is 121 Å². The summed E-state index contributed by atoms with van der Waals surface area (Å²) >= 11 is 0. The molecule has 4 aliphatic carbocycles. The van der Waals surface area contributed by atoms with E-state index in [1.54, 1.807) is 0 Å². The lowest BCUT2D eigenvalue weighted by atomic mass is 9.33. The second kappa shape index (κ2) is 6.30. The molecule has 0 aliphatic heterocycles. The van der Waals surface area contributed by atoms with Crippen molar-refractivity contribution in [3.05, 3.63) is 57.6 Å². The fraction of sp³-hybridized carbons (Fsp3) is 0.586. The predicted molar refractivity (Wildman–Crippen MR) is 127 cm³/mol. The van der Waals surface area contributed by atoms with Gasteiger partial charge in [-0.15, -0.1) is 0 Å². The van der Waals surface area contributed by atoms with E-state index in [-0.39, 0.29) is 10.8 Å². The molecule has 0 heterocycles. The molecule has 4 fully saturated rings. The van der Waals surface area contributed by atoms with Crippen LogP contribution in [0.25, 0.3) is 0 Å². The van der Waals surface area contributed by atoms with Crippen LogP contribution in [0.4, 0.5) is 0 Å². The van der Waals surface area contributed by atoms with Gasteiger partial charge in [0.1, 0.15) is 11.5 Å². The Labute approximate surface area is 187 Å². The highest BCUT2D eigenvalue weighted by Gasteiger charge is 2.67. The smallest absolute Gasteiger partial charge is 0.121 e. The molecule has 2 unspecified atom stereocenters. The minimum atomic E-state index is 0.169. The fourth-order valence-electron chi connectivity index (χ4n) is 8.88. The molecule has 2 N–H and O–H groups in total. The summed E-state index contributed by atoms with van der Waals surface area (Å²) in [6, 6.07) is 9.12. The van der Waals surface area contributed by atoms with Crippen molar-refractivity contribution >= 4 is 0 Å². The van der Waals surface area contributed by atoms with Crippen molar-refractivity contribution in [3.8, 4) is 11.5 Å². The molecule has 2 heteroatoms. The highest BCUT2D eigenvalue weighted by atomic mass is 16.3. The quantitative estimate of drug-likeness (QED) is 0.549. The summed E-state index contributed by atoms with van der Waals surface area (Å²) in [5, 5.41) is 20.9. The normalized spacial score (nSPS) is 36.2. The maximum Gasteiger partial charge on any atom is 0.121 e. The standard InChI is InChI=1S/C29H38O2/c1-7-27-12-26(6)13-28(15-27,22-8-18(2)24(30)19(3)9-22)17-29(14-26,16-27)23-10-20(4)25(31)21(5)11-23/h8-11,30-31H,7,12-17H2,1-6H3. The maximum atomic E-state index is 10.5. The molecule has 4 saturated carbocycles. The molecule has 0 aromatic heterocycles. The van der Waals surface area contributed by atoms with Crippen LogP contribution >= 0.6 is 0 Å². The van der Waals surface area contributed by atoms with E-state index in [1.165, 1.54) is 56.1 Å². The van der Waals surface area contributed by atoms with E-state index in [4.69, 9.17) is 0 Å². The second-order valence-electron chi connectivity index (χ2n) is 12.2. The van der Waals surface area contributed by atoms with Crippen molar-refractivity contribution in [2.24, 2.45) is 10.8 Å². The Hall–Kier alpha value is -1.96. The Morgan fingerprint density at radius 3 is 1.39 bits per heavy atom. The monoisotopic (exact) mass is 418 g/mol. The fourth-order valence-corrected chi connectivity index (χ4v) is 8.88. The van der Waals surface area contributed by atoms with Gasteiger partial charge in [0.15, 0.2) is 0 Å². The zero-order chi connectivity index (χ0) is 22.4. The van der Waals surface area contributed by atoms with Gasteiger partial charge in [0.05, 0.1) is 0 Å². The van der Waals surface area contributed by atoms with E-state index in [0.29, 0.717) is 22.3 Å². The minimum Gasteiger partial charge on any atom is -0.507 e. The Kier molecular flexibility index (Phi) is 4.25. The summed E-state index contributed by atoms with van der Waals surface area (Å²) < 4.78 is 0. The predicted octanol–water partition coefficient (Wildman–Crippen LogP) is 7.29. The lowest BCUT2D eigenvalue weighted by Crippen LogP contribution is -2.63. The number of aryl methyl sites for hydroxylation is 4. The van der Waals surface area contributed by atoms with E-state index in [2.05, 4.69) is 38.1 Å². The number of hydrogen-bond acceptors (Lipinski definition) is 2. The van der Waals surface area contributed by atoms with Crippen molar-refractivity contribution < 1.29 is 10.2 Å². The largest absolute Gasteiger partial charge is 0.507 e. The van der Waals surface area contributed by atoms with Gasteiger partial charge in [-0.2, -0.15) is 0 Å². The summed E-state index contributed by atoms with van der Waals surface area (Å²) in [6.07, 6.45) is 8.81. The van der Waals surface area contributed by atoms with Crippen LogP contribution in [0.1, 0.15) is 92.2 Å². The molecule has 2 aromatic rings. The number of benzene rings is 2. The van der Waals surface area contributed by atoms with Crippen molar-refractivity contribution in [2.45, 2.75) is 97.3 Å². The number of phenols is 2. The van der Waals surface area contributed by atoms with Crippen LogP contribution in [-0.2, 0) is 10.8 Å². The van der Waals surface area contributed by atoms with Gasteiger partial charge < -0.3 is 10.2 Å². The van der Waals surface area contributed by atoms with Gasteiger partial charge in [0, 0.05) is 0 Å². The minimum absolute atomic E-state index is 0.169. The third-order valence-electron chi connectivity index (χ3n) is 9.39. The van der Waals surface area contributed by atoms with Crippen LogP contribution < -0.4 is 0 Å². The molecule has 0 amide bonds. The van der Waals surface area contributed by atoms with Crippen molar-refractivity contribution in [1.82, 2.24) is 0 Å². The molecule has 4 aliphatic rings. The van der Waals surface area contributed by atoms with Crippen LogP contribution in [0.3, 0.4) is 0 Å². The molecule has 4 bridgehead atoms. The molecule has 0 saturated heterocycles. The molecular formula is C29H38O2. The van der Waals surface area contributed by atoms with Gasteiger partial charge in [-0.3, -0.25) is 0 Å². The summed E-state index contributed by atoms with van der Waals surface area (Å²) in [5.74, 6) is 0.897. The SMILES string of the molecule is CCC12CC3(C)CC(c4cc(C)c(O)c(C)c4)(C1)CC(c1cc(C)c(O)c(C)c1)(C3)C2. The number of rotatable bonds is 3. The van der Waals surface area contributed by atoms with E-state index in [0.717, 1.165) is 22.3 Å². The van der Waals surface area contributed by atoms with Crippen LogP contribution in [0.2, 0.25) is 0 Å². The first kappa shape index (κ1) is 20.9. The molecule has 2 aromatic carbocycles. The summed E-state index contributed by atoms with van der Waals surface area (Å²) in [4.78, 5) is 0. The van der Waals surface area contributed by atoms with Gasteiger partial charge in [0.25, 0.3) is 0 Å². The van der Waals surface area contributed by atoms with Crippen LogP contribution in [0.5, 0.6) is 11.5 Å². The summed E-state index contributed by atoms with van der Waals surface area (Å²) in [6.45, 7) is 13.1. The molecule has 6 rings (SSSR count). The molecule has 2 atom stereocenters. The second-order valence-corrected chi connectivity index (χ2v) is 12.2. The molecule has 0 radical (unpaired) electrons. The zero-order valence-corrected chi connectivity index (χ0v) is 20.2. The van der Waals surface area contributed by atoms with Gasteiger partial charge in [-0.25, -0.2) is 0 Å². The first-order chi connectivity index (χ1) is 14.4. The Morgan fingerprint density at radius 1 is 0.645 bits per heavy atom. The van der Waals surface area contributed by atoms with Crippen LogP contribution in [0, 0.1) is 38.5 Å². The molecule has 31 heavy (non-hydrogen) atoms. The van der Waals surface area contributed by atoms with Crippen molar-refractivity contribution in [3.63, 3.8) is 0 Å². The number of hydrogen-bond donors (Lipinski definition) is 2. The summed E-state index contributed by atoms with van der Waals surface area (Å²) in [7, 11) is 0. The highest BCUT2D eigenvalue weighted by molar-refractivity contribution is 5.50. The van der Waals surface area contributed by atoms with Crippen molar-refractivity contribution in [2.75, 3.05) is 0 Å². The zero-order valence-electron chi connectivity index (χ0n) is 20.2. The third-order valence-corrected chi connectivity index (χ3v) is 9.39. The average molecular weight is 419 g/mol. The maximum absolute atomic E-state index is 10.5. The topological polar surface area (TPSA) is 40.5 Å². The molecule has 0 spiro atoms. The van der Waals surface area contributed by atoms with E-state index in [1.807, 2.05) is 27.7 Å². The number of aromatic hydroxyl groups is 2. The Bertz CT molecular complexity index is 959. The Morgan fingerprint density at radius 2 is 1.03 bits per heavy atom. The third kappa shape index (κ3) is 2.90. The van der Waals surface area contributed by atoms with Gasteiger partial charge >= 0.3 is 0 Å². The molecular weight excluding hydrogens is 380 g/mol. The lowest BCUT2D eigenvalue weighted by Gasteiger charge is -2.71.